The average Bonchev–Trinajstić information content (AvgIpc) is 2.88. The number of aromatic nitrogens is 2. The van der Waals surface area contributed by atoms with Crippen molar-refractivity contribution in [1.29, 1.82) is 0 Å². The van der Waals surface area contributed by atoms with E-state index >= 15 is 4.39 Å². The van der Waals surface area contributed by atoms with Crippen LogP contribution in [0, 0.1) is 24.4 Å². The van der Waals surface area contributed by atoms with Gasteiger partial charge in [-0.15, -0.1) is 0 Å². The molecule has 9 nitrogen and oxygen atoms in total. The van der Waals surface area contributed by atoms with Crippen molar-refractivity contribution in [2.75, 3.05) is 28.3 Å². The van der Waals surface area contributed by atoms with E-state index in [2.05, 4.69) is 22.2 Å². The first-order valence-corrected chi connectivity index (χ1v) is 12.5. The Hall–Kier alpha value is -4.19. The lowest BCUT2D eigenvalue weighted by Gasteiger charge is -2.36. The van der Waals surface area contributed by atoms with Gasteiger partial charge in [-0.25, -0.2) is 13.2 Å². The number of halogens is 3. The zero-order chi connectivity index (χ0) is 28.4. The molecule has 12 heteroatoms. The fraction of sp³-hybridized carbons (Fsp3) is 0.333. The molecule has 1 fully saturated rings. The molecule has 0 atom stereocenters. The molecule has 0 spiro atoms. The fourth-order valence-electron chi connectivity index (χ4n) is 4.73. The van der Waals surface area contributed by atoms with Crippen LogP contribution in [0.2, 0.25) is 0 Å². The van der Waals surface area contributed by atoms with Gasteiger partial charge in [0, 0.05) is 49.6 Å². The molecule has 0 unspecified atom stereocenters. The average molecular weight is 542 g/mol. The summed E-state index contributed by atoms with van der Waals surface area (Å²) >= 11 is 0. The van der Waals surface area contributed by atoms with Crippen LogP contribution in [0.5, 0.6) is 0 Å². The second-order valence-electron chi connectivity index (χ2n) is 9.63. The first-order chi connectivity index (χ1) is 18.5. The van der Waals surface area contributed by atoms with E-state index in [1.165, 1.54) is 11.1 Å². The van der Waals surface area contributed by atoms with Crippen LogP contribution < -0.4 is 26.5 Å². The van der Waals surface area contributed by atoms with Gasteiger partial charge in [-0.1, -0.05) is 6.07 Å². The minimum Gasteiger partial charge on any atom is -0.369 e. The van der Waals surface area contributed by atoms with Crippen LogP contribution in [0.15, 0.2) is 46.3 Å². The highest BCUT2D eigenvalue weighted by atomic mass is 19.1. The lowest BCUT2D eigenvalue weighted by molar-refractivity contribution is 0.102. The molecule has 0 aliphatic carbocycles. The third-order valence-corrected chi connectivity index (χ3v) is 6.62. The van der Waals surface area contributed by atoms with Gasteiger partial charge >= 0.3 is 0 Å². The smallest absolute Gasteiger partial charge is 0.276 e. The number of hydrazone groups is 1. The molecule has 206 valence electrons. The number of hydrogen-bond donors (Lipinski definition) is 2. The fourth-order valence-corrected chi connectivity index (χ4v) is 4.73. The third kappa shape index (κ3) is 5.51. The van der Waals surface area contributed by atoms with Crippen LogP contribution in [0.25, 0.3) is 5.69 Å². The number of carbonyl (C=O) groups is 1. The number of piperidine rings is 1. The molecule has 1 aliphatic rings. The predicted octanol–water partition coefficient (Wildman–Crippen LogP) is 3.97. The number of rotatable bonds is 7. The van der Waals surface area contributed by atoms with E-state index in [1.54, 1.807) is 6.92 Å². The maximum absolute atomic E-state index is 15.5. The first kappa shape index (κ1) is 27.8. The number of hydrogen-bond acceptors (Lipinski definition) is 7. The molecular weight excluding hydrogens is 511 g/mol. The van der Waals surface area contributed by atoms with Gasteiger partial charge in [-0.05, 0) is 51.8 Å². The monoisotopic (exact) mass is 541 g/mol. The first-order valence-electron chi connectivity index (χ1n) is 12.5. The summed E-state index contributed by atoms with van der Waals surface area (Å²) in [5.41, 5.74) is 5.75. The molecule has 2 heterocycles. The number of anilines is 3. The summed E-state index contributed by atoms with van der Waals surface area (Å²) in [5.74, 6) is -3.48. The normalized spacial score (nSPS) is 14.0. The van der Waals surface area contributed by atoms with Gasteiger partial charge in [-0.2, -0.15) is 14.9 Å². The lowest BCUT2D eigenvalue weighted by Crippen LogP contribution is -2.40. The number of para-hydroxylation sites is 1. The van der Waals surface area contributed by atoms with Gasteiger partial charge in [0.2, 0.25) is 0 Å². The summed E-state index contributed by atoms with van der Waals surface area (Å²) in [7, 11) is 0. The van der Waals surface area contributed by atoms with Gasteiger partial charge in [0.1, 0.15) is 17.1 Å². The Labute approximate surface area is 223 Å². The van der Waals surface area contributed by atoms with Crippen LogP contribution in [0.1, 0.15) is 42.7 Å². The Morgan fingerprint density at radius 1 is 1.13 bits per heavy atom. The third-order valence-electron chi connectivity index (χ3n) is 6.62. The lowest BCUT2D eigenvalue weighted by atomic mass is 10.0. The van der Waals surface area contributed by atoms with Gasteiger partial charge < -0.3 is 16.0 Å². The maximum Gasteiger partial charge on any atom is 0.276 e. The van der Waals surface area contributed by atoms with Crippen molar-refractivity contribution in [3.63, 3.8) is 0 Å². The number of amides is 1. The minimum absolute atomic E-state index is 0.0329. The summed E-state index contributed by atoms with van der Waals surface area (Å²) < 4.78 is 44.7. The Morgan fingerprint density at radius 2 is 1.77 bits per heavy atom. The molecule has 3 aromatic rings. The molecule has 1 aromatic heterocycles. The number of nitrogens with zero attached hydrogens (tertiary/aromatic N) is 5. The second-order valence-corrected chi connectivity index (χ2v) is 9.63. The van der Waals surface area contributed by atoms with E-state index in [0.717, 1.165) is 30.3 Å². The van der Waals surface area contributed by atoms with E-state index in [4.69, 9.17) is 5.73 Å². The minimum atomic E-state index is -1.02. The molecule has 0 bridgehead atoms. The molecule has 39 heavy (non-hydrogen) atoms. The SMILES string of the molecule is C=NN(c1c(F)cc(NC(=O)c2ccc(=O)n(-c3c(F)cccc3F)n2)c(N2CCC(N)CC2)c1C)C(C)C. The maximum atomic E-state index is 15.5. The molecule has 0 saturated carbocycles. The molecule has 0 radical (unpaired) electrons. The van der Waals surface area contributed by atoms with Crippen LogP contribution in [0.4, 0.5) is 30.2 Å². The van der Waals surface area contributed by atoms with Crippen molar-refractivity contribution in [2.45, 2.75) is 45.7 Å². The van der Waals surface area contributed by atoms with E-state index in [-0.39, 0.29) is 29.2 Å². The second kappa shape index (κ2) is 11.3. The van der Waals surface area contributed by atoms with Crippen molar-refractivity contribution in [3.05, 3.63) is 75.5 Å². The van der Waals surface area contributed by atoms with E-state index in [0.29, 0.717) is 41.9 Å². The van der Waals surface area contributed by atoms with E-state index in [9.17, 15) is 18.4 Å². The van der Waals surface area contributed by atoms with Crippen molar-refractivity contribution in [2.24, 2.45) is 10.8 Å². The van der Waals surface area contributed by atoms with Crippen LogP contribution in [0.3, 0.4) is 0 Å². The van der Waals surface area contributed by atoms with Crippen molar-refractivity contribution in [1.82, 2.24) is 9.78 Å². The Balaban J connectivity index is 1.79. The van der Waals surface area contributed by atoms with Crippen LogP contribution >= 0.6 is 0 Å². The molecular formula is C27H30F3N7O2. The zero-order valence-corrected chi connectivity index (χ0v) is 21.9. The molecule has 1 aliphatic heterocycles. The summed E-state index contributed by atoms with van der Waals surface area (Å²) in [5, 5.41) is 12.0. The van der Waals surface area contributed by atoms with Crippen LogP contribution in [-0.4, -0.2) is 47.6 Å². The van der Waals surface area contributed by atoms with Crippen molar-refractivity contribution in [3.8, 4) is 5.69 Å². The highest BCUT2D eigenvalue weighted by Gasteiger charge is 2.28. The van der Waals surface area contributed by atoms with Gasteiger partial charge in [0.25, 0.3) is 11.5 Å². The summed E-state index contributed by atoms with van der Waals surface area (Å²) in [6.07, 6.45) is 1.40. The predicted molar refractivity (Wildman–Crippen MR) is 145 cm³/mol. The number of carbonyl (C=O) groups excluding carboxylic acids is 1. The number of benzene rings is 2. The highest BCUT2D eigenvalue weighted by molar-refractivity contribution is 6.05. The van der Waals surface area contributed by atoms with E-state index in [1.807, 2.05) is 18.7 Å². The number of nitrogens with two attached hydrogens (primary N) is 1. The van der Waals surface area contributed by atoms with E-state index < -0.39 is 34.6 Å². The van der Waals surface area contributed by atoms with Crippen molar-refractivity contribution >= 4 is 29.7 Å². The standard InChI is InChI=1S/C27H30F3N7O2/c1-15(2)36(32-4)24-16(3)25(35-12-10-17(31)11-13-35)22(14-20(24)30)33-27(39)21-8-9-23(38)37(34-21)26-18(28)6-5-7-19(26)29/h5-9,14-15,17H,4,10-13,31H2,1-3H3,(H,33,39). The van der Waals surface area contributed by atoms with Crippen LogP contribution in [-0.2, 0) is 0 Å². The summed E-state index contributed by atoms with van der Waals surface area (Å²) in [4.78, 5) is 27.7. The molecule has 3 N–H and O–H groups in total. The molecule has 1 saturated heterocycles. The number of nitrogens with one attached hydrogen (secondary N) is 1. The summed E-state index contributed by atoms with van der Waals surface area (Å²) in [6, 6.07) is 6.24. The van der Waals surface area contributed by atoms with Gasteiger partial charge in [0.15, 0.2) is 17.5 Å². The van der Waals surface area contributed by atoms with Gasteiger partial charge in [0.05, 0.1) is 11.4 Å². The van der Waals surface area contributed by atoms with Gasteiger partial charge in [-0.3, -0.25) is 14.6 Å². The molecule has 2 aromatic carbocycles. The largest absolute Gasteiger partial charge is 0.369 e. The van der Waals surface area contributed by atoms with Crippen molar-refractivity contribution < 1.29 is 18.0 Å². The Kier molecular flexibility index (Phi) is 8.05. The zero-order valence-electron chi connectivity index (χ0n) is 21.9. The topological polar surface area (TPSA) is 109 Å². The Morgan fingerprint density at radius 3 is 2.36 bits per heavy atom. The quantitative estimate of drug-likeness (QED) is 0.346. The highest BCUT2D eigenvalue weighted by Crippen LogP contribution is 2.40. The molecule has 4 rings (SSSR count). The summed E-state index contributed by atoms with van der Waals surface area (Å²) in [6.45, 7) is 10.2. The Bertz CT molecular complexity index is 1450. The molecule has 1 amide bonds.